The van der Waals surface area contributed by atoms with E-state index < -0.39 is 0 Å². The van der Waals surface area contributed by atoms with Crippen LogP contribution in [0.4, 0.5) is 5.13 Å². The molecule has 27 heavy (non-hydrogen) atoms. The second-order valence-corrected chi connectivity index (χ2v) is 7.74. The van der Waals surface area contributed by atoms with E-state index in [1.807, 2.05) is 24.3 Å². The first-order chi connectivity index (χ1) is 13.3. The monoisotopic (exact) mass is 380 g/mol. The van der Waals surface area contributed by atoms with Gasteiger partial charge in [0.2, 0.25) is 13.6 Å². The number of ether oxygens (including phenoxy) is 4. The van der Waals surface area contributed by atoms with E-state index in [2.05, 4.69) is 22.8 Å². The summed E-state index contributed by atoms with van der Waals surface area (Å²) in [7, 11) is 0. The first-order valence-corrected chi connectivity index (χ1v) is 9.71. The van der Waals surface area contributed by atoms with Gasteiger partial charge in [-0.25, -0.2) is 4.98 Å². The summed E-state index contributed by atoms with van der Waals surface area (Å²) in [6.07, 6.45) is 2.15. The molecule has 3 aromatic rings. The van der Waals surface area contributed by atoms with Crippen LogP contribution in [0.3, 0.4) is 0 Å². The molecule has 1 N–H and O–H groups in total. The van der Waals surface area contributed by atoms with Crippen molar-refractivity contribution in [1.29, 1.82) is 0 Å². The topological polar surface area (TPSA) is 61.8 Å². The molecule has 0 atom stereocenters. The minimum absolute atomic E-state index is 0.0645. The van der Waals surface area contributed by atoms with Crippen molar-refractivity contribution in [3.63, 3.8) is 0 Å². The summed E-state index contributed by atoms with van der Waals surface area (Å²) >= 11 is 1.61. The highest BCUT2D eigenvalue weighted by atomic mass is 32.1. The van der Waals surface area contributed by atoms with Crippen LogP contribution in [0.5, 0.6) is 23.0 Å². The van der Waals surface area contributed by atoms with E-state index in [0.717, 1.165) is 52.2 Å². The lowest BCUT2D eigenvalue weighted by atomic mass is 10.0. The molecule has 0 saturated heterocycles. The number of fused-ring (bicyclic) bond motifs is 2. The van der Waals surface area contributed by atoms with Crippen LogP contribution in [-0.2, 0) is 5.54 Å². The average molecular weight is 380 g/mol. The van der Waals surface area contributed by atoms with Crippen molar-refractivity contribution in [3.05, 3.63) is 47.3 Å². The number of nitrogens with zero attached hydrogens (tertiary/aromatic N) is 1. The minimum atomic E-state index is -0.0645. The van der Waals surface area contributed by atoms with Gasteiger partial charge >= 0.3 is 0 Å². The molecule has 1 fully saturated rings. The Hall–Kier alpha value is -2.93. The number of benzene rings is 2. The third-order valence-corrected chi connectivity index (χ3v) is 5.95. The molecular formula is C20H16N2O4S. The van der Waals surface area contributed by atoms with Gasteiger partial charge in [-0.2, -0.15) is 0 Å². The molecular weight excluding hydrogens is 364 g/mol. The van der Waals surface area contributed by atoms with Crippen LogP contribution >= 0.6 is 11.3 Å². The zero-order valence-corrected chi connectivity index (χ0v) is 15.2. The predicted molar refractivity (Wildman–Crippen MR) is 101 cm³/mol. The number of rotatable bonds is 4. The van der Waals surface area contributed by atoms with Crippen molar-refractivity contribution in [2.24, 2.45) is 0 Å². The molecule has 1 aromatic heterocycles. The maximum absolute atomic E-state index is 5.53. The largest absolute Gasteiger partial charge is 0.454 e. The summed E-state index contributed by atoms with van der Waals surface area (Å²) in [5.41, 5.74) is 3.11. The number of nitrogens with one attached hydrogen (secondary N) is 1. The van der Waals surface area contributed by atoms with Crippen LogP contribution in [-0.4, -0.2) is 18.6 Å². The Morgan fingerprint density at radius 2 is 1.56 bits per heavy atom. The average Bonchev–Trinajstić information content (AvgIpc) is 3.11. The Morgan fingerprint density at radius 3 is 2.33 bits per heavy atom. The number of aromatic nitrogens is 1. The van der Waals surface area contributed by atoms with Gasteiger partial charge in [-0.3, -0.25) is 0 Å². The summed E-state index contributed by atoms with van der Waals surface area (Å²) in [6.45, 7) is 0.575. The fourth-order valence-electron chi connectivity index (χ4n) is 3.53. The van der Waals surface area contributed by atoms with Crippen LogP contribution in [0.25, 0.3) is 11.3 Å². The molecule has 6 nitrogen and oxygen atoms in total. The van der Waals surface area contributed by atoms with Gasteiger partial charge in [0, 0.05) is 10.9 Å². The Labute approximate surface area is 159 Å². The first kappa shape index (κ1) is 15.2. The highest BCUT2D eigenvalue weighted by molar-refractivity contribution is 7.14. The molecule has 0 spiro atoms. The van der Waals surface area contributed by atoms with E-state index in [-0.39, 0.29) is 12.3 Å². The SMILES string of the molecule is c1cc2c(cc1-c1csc(NC3(c4ccc5c(c4)OCO5)CC3)n1)OCO2. The van der Waals surface area contributed by atoms with E-state index in [4.69, 9.17) is 23.9 Å². The molecule has 2 aliphatic heterocycles. The van der Waals surface area contributed by atoms with Crippen LogP contribution in [0.2, 0.25) is 0 Å². The van der Waals surface area contributed by atoms with E-state index >= 15 is 0 Å². The molecule has 136 valence electrons. The van der Waals surface area contributed by atoms with Crippen molar-refractivity contribution in [2.75, 3.05) is 18.9 Å². The van der Waals surface area contributed by atoms with Gasteiger partial charge < -0.3 is 24.3 Å². The third-order valence-electron chi connectivity index (χ3n) is 5.19. The Balaban J connectivity index is 1.26. The smallest absolute Gasteiger partial charge is 0.231 e. The van der Waals surface area contributed by atoms with Gasteiger partial charge in [0.05, 0.1) is 11.2 Å². The van der Waals surface area contributed by atoms with E-state index in [9.17, 15) is 0 Å². The molecule has 6 rings (SSSR count). The predicted octanol–water partition coefficient (Wildman–Crippen LogP) is 4.37. The van der Waals surface area contributed by atoms with Crippen LogP contribution in [0, 0.1) is 0 Å². The first-order valence-electron chi connectivity index (χ1n) is 8.83. The van der Waals surface area contributed by atoms with Crippen molar-refractivity contribution in [3.8, 4) is 34.3 Å². The summed E-state index contributed by atoms with van der Waals surface area (Å²) in [4.78, 5) is 4.78. The zero-order chi connectivity index (χ0) is 17.8. The minimum Gasteiger partial charge on any atom is -0.454 e. The fourth-order valence-corrected chi connectivity index (χ4v) is 4.35. The van der Waals surface area contributed by atoms with E-state index in [1.165, 1.54) is 5.56 Å². The molecule has 0 bridgehead atoms. The summed E-state index contributed by atoms with van der Waals surface area (Å²) in [5.74, 6) is 3.19. The molecule has 1 saturated carbocycles. The lowest BCUT2D eigenvalue weighted by molar-refractivity contribution is 0.173. The highest BCUT2D eigenvalue weighted by Gasteiger charge is 2.45. The zero-order valence-electron chi connectivity index (χ0n) is 14.4. The molecule has 3 heterocycles. The van der Waals surface area contributed by atoms with Crippen LogP contribution < -0.4 is 24.3 Å². The Morgan fingerprint density at radius 1 is 0.852 bits per heavy atom. The second-order valence-electron chi connectivity index (χ2n) is 6.88. The maximum Gasteiger partial charge on any atom is 0.231 e. The lowest BCUT2D eigenvalue weighted by Crippen LogP contribution is -2.18. The number of hydrogen-bond donors (Lipinski definition) is 1. The Kier molecular flexibility index (Phi) is 3.11. The molecule has 2 aromatic carbocycles. The van der Waals surface area contributed by atoms with Gasteiger partial charge in [-0.05, 0) is 48.7 Å². The number of anilines is 1. The number of thiazole rings is 1. The van der Waals surface area contributed by atoms with Gasteiger partial charge in [-0.15, -0.1) is 11.3 Å². The Bertz CT molecular complexity index is 1040. The van der Waals surface area contributed by atoms with Gasteiger partial charge in [-0.1, -0.05) is 6.07 Å². The van der Waals surface area contributed by atoms with Gasteiger partial charge in [0.1, 0.15) is 0 Å². The van der Waals surface area contributed by atoms with Gasteiger partial charge in [0.15, 0.2) is 28.1 Å². The molecule has 3 aliphatic rings. The molecule has 1 aliphatic carbocycles. The van der Waals surface area contributed by atoms with Crippen molar-refractivity contribution < 1.29 is 18.9 Å². The standard InChI is InChI=1S/C20H16N2O4S/c1-3-15-17(25-10-23-15)7-12(1)14-9-27-19(21-14)22-20(5-6-20)13-2-4-16-18(8-13)26-11-24-16/h1-4,7-9H,5-6,10-11H2,(H,21,22). The number of hydrogen-bond acceptors (Lipinski definition) is 7. The van der Waals surface area contributed by atoms with Crippen LogP contribution in [0.1, 0.15) is 18.4 Å². The second kappa shape index (κ2) is 5.53. The maximum atomic E-state index is 5.53. The third kappa shape index (κ3) is 2.49. The highest BCUT2D eigenvalue weighted by Crippen LogP contribution is 2.51. The van der Waals surface area contributed by atoms with Crippen LogP contribution in [0.15, 0.2) is 41.8 Å². The normalized spacial score (nSPS) is 17.8. The van der Waals surface area contributed by atoms with Crippen molar-refractivity contribution in [1.82, 2.24) is 4.98 Å². The molecule has 0 unspecified atom stereocenters. The van der Waals surface area contributed by atoms with Crippen molar-refractivity contribution >= 4 is 16.5 Å². The molecule has 0 radical (unpaired) electrons. The molecule has 7 heteroatoms. The summed E-state index contributed by atoms with van der Waals surface area (Å²) in [5, 5.41) is 6.61. The van der Waals surface area contributed by atoms with E-state index in [0.29, 0.717) is 6.79 Å². The van der Waals surface area contributed by atoms with E-state index in [1.54, 1.807) is 11.3 Å². The fraction of sp³-hybridized carbons (Fsp3) is 0.250. The summed E-state index contributed by atoms with van der Waals surface area (Å²) in [6, 6.07) is 12.1. The molecule has 0 amide bonds. The van der Waals surface area contributed by atoms with Crippen molar-refractivity contribution in [2.45, 2.75) is 18.4 Å². The lowest BCUT2D eigenvalue weighted by Gasteiger charge is -2.17. The van der Waals surface area contributed by atoms with Gasteiger partial charge in [0.25, 0.3) is 0 Å². The summed E-state index contributed by atoms with van der Waals surface area (Å²) < 4.78 is 21.8. The quantitative estimate of drug-likeness (QED) is 0.725.